The zero-order valence-electron chi connectivity index (χ0n) is 15.2. The topological polar surface area (TPSA) is 55.9 Å². The van der Waals surface area contributed by atoms with Gasteiger partial charge in [0.1, 0.15) is 0 Å². The van der Waals surface area contributed by atoms with Crippen molar-refractivity contribution in [2.24, 2.45) is 5.92 Å². The highest BCUT2D eigenvalue weighted by atomic mass is 16.2. The van der Waals surface area contributed by atoms with Gasteiger partial charge in [-0.25, -0.2) is 0 Å². The van der Waals surface area contributed by atoms with Crippen LogP contribution in [0.25, 0.3) is 0 Å². The zero-order chi connectivity index (χ0) is 17.8. The van der Waals surface area contributed by atoms with E-state index < -0.39 is 0 Å². The number of nitrogens with one attached hydrogen (secondary N) is 1. The van der Waals surface area contributed by atoms with E-state index >= 15 is 0 Å². The van der Waals surface area contributed by atoms with E-state index in [-0.39, 0.29) is 17.7 Å². The molecule has 1 aromatic carbocycles. The molecule has 1 N–H and O–H groups in total. The van der Waals surface area contributed by atoms with Crippen LogP contribution in [0.4, 0.5) is 0 Å². The van der Waals surface area contributed by atoms with Crippen LogP contribution in [-0.2, 0) is 22.7 Å². The molecule has 1 atom stereocenters. The summed E-state index contributed by atoms with van der Waals surface area (Å²) in [7, 11) is 3.91. The van der Waals surface area contributed by atoms with Crippen molar-refractivity contribution in [3.8, 4) is 0 Å². The maximum Gasteiger partial charge on any atom is 0.225 e. The average Bonchev–Trinajstić information content (AvgIpc) is 2.95. The Bertz CT molecular complexity index is 626. The minimum atomic E-state index is -0.220. The summed E-state index contributed by atoms with van der Waals surface area (Å²) in [6.07, 6.45) is 0.325. The molecule has 136 valence electrons. The third-order valence-corrected chi connectivity index (χ3v) is 5.27. The molecule has 2 aliphatic rings. The van der Waals surface area contributed by atoms with E-state index in [1.807, 2.05) is 6.07 Å². The molecule has 0 spiro atoms. The highest BCUT2D eigenvalue weighted by Gasteiger charge is 2.31. The Morgan fingerprint density at radius 3 is 2.44 bits per heavy atom. The molecule has 2 saturated heterocycles. The molecule has 0 radical (unpaired) electrons. The summed E-state index contributed by atoms with van der Waals surface area (Å²) in [4.78, 5) is 30.4. The number of nitrogens with zero attached hydrogens (tertiary/aromatic N) is 3. The lowest BCUT2D eigenvalue weighted by atomic mass is 10.1. The molecule has 0 aromatic heterocycles. The van der Waals surface area contributed by atoms with Crippen LogP contribution in [0.15, 0.2) is 24.3 Å². The summed E-state index contributed by atoms with van der Waals surface area (Å²) in [6.45, 7) is 6.32. The van der Waals surface area contributed by atoms with E-state index in [0.29, 0.717) is 19.5 Å². The van der Waals surface area contributed by atoms with Gasteiger partial charge < -0.3 is 15.1 Å². The van der Waals surface area contributed by atoms with Crippen LogP contribution in [0.3, 0.4) is 0 Å². The average molecular weight is 344 g/mol. The van der Waals surface area contributed by atoms with Gasteiger partial charge in [-0.1, -0.05) is 24.3 Å². The minimum absolute atomic E-state index is 0.0212. The van der Waals surface area contributed by atoms with Gasteiger partial charge in [0.15, 0.2) is 0 Å². The van der Waals surface area contributed by atoms with Crippen LogP contribution in [0.2, 0.25) is 0 Å². The van der Waals surface area contributed by atoms with Gasteiger partial charge in [0.25, 0.3) is 0 Å². The van der Waals surface area contributed by atoms with Gasteiger partial charge in [0, 0.05) is 59.3 Å². The molecule has 0 aliphatic carbocycles. The van der Waals surface area contributed by atoms with Gasteiger partial charge in [0.2, 0.25) is 11.8 Å². The molecule has 0 bridgehead atoms. The number of likely N-dealkylation sites (tertiary alicyclic amines) is 1. The Hall–Kier alpha value is -1.92. The van der Waals surface area contributed by atoms with Crippen molar-refractivity contribution in [2.75, 3.05) is 46.8 Å². The Morgan fingerprint density at radius 1 is 1.12 bits per heavy atom. The number of benzene rings is 1. The molecule has 1 unspecified atom stereocenters. The van der Waals surface area contributed by atoms with Gasteiger partial charge in [0.05, 0.1) is 5.92 Å². The lowest BCUT2D eigenvalue weighted by Crippen LogP contribution is -2.44. The van der Waals surface area contributed by atoms with Gasteiger partial charge >= 0.3 is 0 Å². The smallest absolute Gasteiger partial charge is 0.225 e. The Morgan fingerprint density at radius 2 is 1.80 bits per heavy atom. The molecular weight excluding hydrogens is 316 g/mol. The standard InChI is InChI=1S/C19H28N4O2/c1-21-7-9-23(10-8-21)14-16-6-4-3-5-15(16)12-20-19(25)17-11-18(24)22(2)13-17/h3-6,17H,7-14H2,1-2H3,(H,20,25). The first-order valence-corrected chi connectivity index (χ1v) is 9.02. The summed E-state index contributed by atoms with van der Waals surface area (Å²) in [5.41, 5.74) is 2.43. The predicted octanol–water partition coefficient (Wildman–Crippen LogP) is 0.529. The number of rotatable bonds is 5. The maximum atomic E-state index is 12.3. The van der Waals surface area contributed by atoms with Gasteiger partial charge in [-0.15, -0.1) is 0 Å². The zero-order valence-corrected chi connectivity index (χ0v) is 15.2. The number of hydrogen-bond donors (Lipinski definition) is 1. The SMILES string of the molecule is CN1CCN(Cc2ccccc2CNC(=O)C2CC(=O)N(C)C2)CC1. The van der Waals surface area contributed by atoms with E-state index in [9.17, 15) is 9.59 Å². The normalized spacial score (nSPS) is 22.4. The van der Waals surface area contributed by atoms with Crippen LogP contribution >= 0.6 is 0 Å². The molecular formula is C19H28N4O2. The molecule has 1 aromatic rings. The van der Waals surface area contributed by atoms with Crippen LogP contribution in [-0.4, -0.2) is 73.3 Å². The second-order valence-electron chi connectivity index (χ2n) is 7.24. The van der Waals surface area contributed by atoms with Crippen LogP contribution in [0.5, 0.6) is 0 Å². The third-order valence-electron chi connectivity index (χ3n) is 5.27. The molecule has 6 heteroatoms. The molecule has 2 fully saturated rings. The second kappa shape index (κ2) is 7.97. The predicted molar refractivity (Wildman–Crippen MR) is 96.8 cm³/mol. The lowest BCUT2D eigenvalue weighted by Gasteiger charge is -2.32. The summed E-state index contributed by atoms with van der Waals surface area (Å²) in [5, 5.41) is 3.02. The third kappa shape index (κ3) is 4.58. The van der Waals surface area contributed by atoms with E-state index in [0.717, 1.165) is 38.3 Å². The first kappa shape index (κ1) is 17.9. The molecule has 2 amide bonds. The minimum Gasteiger partial charge on any atom is -0.352 e. The molecule has 0 saturated carbocycles. The van der Waals surface area contributed by atoms with E-state index in [4.69, 9.17) is 0 Å². The Balaban J connectivity index is 1.56. The number of carbonyl (C=O) groups excluding carboxylic acids is 2. The van der Waals surface area contributed by atoms with Crippen molar-refractivity contribution in [1.29, 1.82) is 0 Å². The fraction of sp³-hybridized carbons (Fsp3) is 0.579. The van der Waals surface area contributed by atoms with Crippen molar-refractivity contribution in [3.63, 3.8) is 0 Å². The summed E-state index contributed by atoms with van der Waals surface area (Å²) < 4.78 is 0. The Labute approximate surface area is 149 Å². The van der Waals surface area contributed by atoms with Crippen molar-refractivity contribution in [2.45, 2.75) is 19.5 Å². The van der Waals surface area contributed by atoms with E-state index in [1.165, 1.54) is 5.56 Å². The summed E-state index contributed by atoms with van der Waals surface area (Å²) in [6, 6.07) is 8.30. The van der Waals surface area contributed by atoms with Crippen molar-refractivity contribution < 1.29 is 9.59 Å². The summed E-state index contributed by atoms with van der Waals surface area (Å²) in [5.74, 6) is -0.190. The van der Waals surface area contributed by atoms with Crippen LogP contribution in [0, 0.1) is 5.92 Å². The number of hydrogen-bond acceptors (Lipinski definition) is 4. The number of piperazine rings is 1. The number of likely N-dealkylation sites (N-methyl/N-ethyl adjacent to an activating group) is 1. The second-order valence-corrected chi connectivity index (χ2v) is 7.24. The molecule has 6 nitrogen and oxygen atoms in total. The van der Waals surface area contributed by atoms with E-state index in [1.54, 1.807) is 11.9 Å². The number of carbonyl (C=O) groups is 2. The van der Waals surface area contributed by atoms with Gasteiger partial charge in [-0.2, -0.15) is 0 Å². The molecule has 3 rings (SSSR count). The molecule has 25 heavy (non-hydrogen) atoms. The number of amides is 2. The Kier molecular flexibility index (Phi) is 5.71. The van der Waals surface area contributed by atoms with Crippen molar-refractivity contribution >= 4 is 11.8 Å². The monoisotopic (exact) mass is 344 g/mol. The van der Waals surface area contributed by atoms with Crippen LogP contribution < -0.4 is 5.32 Å². The fourth-order valence-electron chi connectivity index (χ4n) is 3.50. The highest BCUT2D eigenvalue weighted by Crippen LogP contribution is 2.17. The highest BCUT2D eigenvalue weighted by molar-refractivity contribution is 5.89. The van der Waals surface area contributed by atoms with Crippen molar-refractivity contribution in [1.82, 2.24) is 20.0 Å². The first-order valence-electron chi connectivity index (χ1n) is 9.02. The molecule has 2 aliphatic heterocycles. The van der Waals surface area contributed by atoms with Gasteiger partial charge in [-0.3, -0.25) is 14.5 Å². The largest absolute Gasteiger partial charge is 0.352 e. The first-order chi connectivity index (χ1) is 12.0. The lowest BCUT2D eigenvalue weighted by molar-refractivity contribution is -0.128. The van der Waals surface area contributed by atoms with Gasteiger partial charge in [-0.05, 0) is 18.2 Å². The fourth-order valence-corrected chi connectivity index (χ4v) is 3.50. The quantitative estimate of drug-likeness (QED) is 0.847. The van der Waals surface area contributed by atoms with Crippen molar-refractivity contribution in [3.05, 3.63) is 35.4 Å². The molecule has 2 heterocycles. The van der Waals surface area contributed by atoms with E-state index in [2.05, 4.69) is 40.4 Å². The maximum absolute atomic E-state index is 12.3. The summed E-state index contributed by atoms with van der Waals surface area (Å²) >= 11 is 0. The van der Waals surface area contributed by atoms with Crippen LogP contribution in [0.1, 0.15) is 17.5 Å².